The summed E-state index contributed by atoms with van der Waals surface area (Å²) in [5, 5.41) is 2.15. The Hall–Kier alpha value is -2.42. The van der Waals surface area contributed by atoms with Crippen molar-refractivity contribution in [1.82, 2.24) is 9.97 Å². The molecule has 3 aromatic rings. The van der Waals surface area contributed by atoms with Gasteiger partial charge >= 0.3 is 0 Å². The molecule has 17 heavy (non-hydrogen) atoms. The van der Waals surface area contributed by atoms with Gasteiger partial charge in [-0.05, 0) is 10.8 Å². The molecular weight excluding hydrogens is 212 g/mol. The number of nitrogens with zero attached hydrogens (tertiary/aromatic N) is 1. The highest BCUT2D eigenvalue weighted by molar-refractivity contribution is 5.95. The summed E-state index contributed by atoms with van der Waals surface area (Å²) in [6, 6.07) is 13.8. The van der Waals surface area contributed by atoms with E-state index in [-0.39, 0.29) is 5.56 Å². The van der Waals surface area contributed by atoms with Crippen molar-refractivity contribution >= 4 is 10.8 Å². The zero-order valence-corrected chi connectivity index (χ0v) is 9.05. The SMILES string of the molecule is O=c1[nH]ccnc1-c1cccc2ccccc12. The first-order valence-corrected chi connectivity index (χ1v) is 5.38. The molecule has 2 aromatic carbocycles. The number of aromatic nitrogens is 2. The van der Waals surface area contributed by atoms with Crippen LogP contribution in [-0.4, -0.2) is 9.97 Å². The van der Waals surface area contributed by atoms with E-state index in [2.05, 4.69) is 9.97 Å². The van der Waals surface area contributed by atoms with Gasteiger partial charge in [0.2, 0.25) is 0 Å². The Morgan fingerprint density at radius 2 is 1.82 bits per heavy atom. The molecule has 1 N–H and O–H groups in total. The summed E-state index contributed by atoms with van der Waals surface area (Å²) in [5.74, 6) is 0. The standard InChI is InChI=1S/C14H10N2O/c17-14-13(15-8-9-16-14)12-7-3-5-10-4-1-2-6-11(10)12/h1-9H,(H,16,17). The van der Waals surface area contributed by atoms with Gasteiger partial charge in [-0.1, -0.05) is 42.5 Å². The number of H-pyrrole nitrogens is 1. The molecule has 3 heteroatoms. The Kier molecular flexibility index (Phi) is 2.22. The maximum atomic E-state index is 11.7. The van der Waals surface area contributed by atoms with Crippen molar-refractivity contribution in [2.75, 3.05) is 0 Å². The second kappa shape index (κ2) is 3.87. The average Bonchev–Trinajstić information content (AvgIpc) is 2.39. The van der Waals surface area contributed by atoms with Gasteiger partial charge in [-0.2, -0.15) is 0 Å². The molecule has 0 spiro atoms. The predicted octanol–water partition coefficient (Wildman–Crippen LogP) is 2.59. The fourth-order valence-corrected chi connectivity index (χ4v) is 1.98. The number of fused-ring (bicyclic) bond motifs is 1. The summed E-state index contributed by atoms with van der Waals surface area (Å²) in [4.78, 5) is 18.5. The lowest BCUT2D eigenvalue weighted by Crippen LogP contribution is -2.09. The number of rotatable bonds is 1. The van der Waals surface area contributed by atoms with Crippen molar-refractivity contribution < 1.29 is 0 Å². The highest BCUT2D eigenvalue weighted by Crippen LogP contribution is 2.24. The maximum absolute atomic E-state index is 11.7. The second-order valence-electron chi connectivity index (χ2n) is 3.79. The third-order valence-electron chi connectivity index (χ3n) is 2.75. The molecule has 0 unspecified atom stereocenters. The van der Waals surface area contributed by atoms with Gasteiger partial charge in [-0.3, -0.25) is 4.79 Å². The molecule has 0 saturated heterocycles. The van der Waals surface area contributed by atoms with Gasteiger partial charge in [0, 0.05) is 18.0 Å². The van der Waals surface area contributed by atoms with Crippen molar-refractivity contribution in [3.8, 4) is 11.3 Å². The van der Waals surface area contributed by atoms with Gasteiger partial charge in [0.25, 0.3) is 5.56 Å². The van der Waals surface area contributed by atoms with Gasteiger partial charge in [-0.25, -0.2) is 4.98 Å². The summed E-state index contributed by atoms with van der Waals surface area (Å²) < 4.78 is 0. The smallest absolute Gasteiger partial charge is 0.274 e. The number of aromatic amines is 1. The van der Waals surface area contributed by atoms with Crippen LogP contribution in [0.4, 0.5) is 0 Å². The Morgan fingerprint density at radius 1 is 1.00 bits per heavy atom. The first-order valence-electron chi connectivity index (χ1n) is 5.38. The summed E-state index contributed by atoms with van der Waals surface area (Å²) >= 11 is 0. The minimum atomic E-state index is -0.163. The fraction of sp³-hybridized carbons (Fsp3) is 0. The van der Waals surface area contributed by atoms with Gasteiger partial charge in [-0.15, -0.1) is 0 Å². The lowest BCUT2D eigenvalue weighted by molar-refractivity contribution is 1.15. The van der Waals surface area contributed by atoms with Crippen molar-refractivity contribution in [2.24, 2.45) is 0 Å². The molecule has 82 valence electrons. The molecular formula is C14H10N2O. The molecule has 3 rings (SSSR count). The normalized spacial score (nSPS) is 10.6. The van der Waals surface area contributed by atoms with Crippen molar-refractivity contribution in [1.29, 1.82) is 0 Å². The molecule has 0 bridgehead atoms. The molecule has 0 radical (unpaired) electrons. The molecule has 0 saturated carbocycles. The molecule has 0 atom stereocenters. The van der Waals surface area contributed by atoms with E-state index in [1.807, 2.05) is 42.5 Å². The molecule has 0 aliphatic rings. The van der Waals surface area contributed by atoms with Crippen molar-refractivity contribution in [2.45, 2.75) is 0 Å². The van der Waals surface area contributed by atoms with E-state index in [9.17, 15) is 4.79 Å². The summed E-state index contributed by atoms with van der Waals surface area (Å²) in [6.45, 7) is 0. The Bertz CT molecular complexity index is 726. The predicted molar refractivity (Wildman–Crippen MR) is 67.8 cm³/mol. The molecule has 0 fully saturated rings. The largest absolute Gasteiger partial charge is 0.326 e. The summed E-state index contributed by atoms with van der Waals surface area (Å²) in [7, 11) is 0. The Labute approximate surface area is 97.8 Å². The molecule has 1 heterocycles. The quantitative estimate of drug-likeness (QED) is 0.687. The van der Waals surface area contributed by atoms with E-state index in [1.54, 1.807) is 6.20 Å². The first kappa shape index (κ1) is 9.78. The third kappa shape index (κ3) is 1.61. The second-order valence-corrected chi connectivity index (χ2v) is 3.79. The van der Waals surface area contributed by atoms with E-state index in [1.165, 1.54) is 6.20 Å². The van der Waals surface area contributed by atoms with Crippen LogP contribution in [-0.2, 0) is 0 Å². The molecule has 1 aromatic heterocycles. The zero-order chi connectivity index (χ0) is 11.7. The van der Waals surface area contributed by atoms with E-state index in [4.69, 9.17) is 0 Å². The monoisotopic (exact) mass is 222 g/mol. The minimum Gasteiger partial charge on any atom is -0.326 e. The van der Waals surface area contributed by atoms with E-state index < -0.39 is 0 Å². The number of hydrogen-bond donors (Lipinski definition) is 1. The number of benzene rings is 2. The summed E-state index contributed by atoms with van der Waals surface area (Å²) in [6.07, 6.45) is 3.13. The number of hydrogen-bond acceptors (Lipinski definition) is 2. The Morgan fingerprint density at radius 3 is 2.71 bits per heavy atom. The minimum absolute atomic E-state index is 0.163. The van der Waals surface area contributed by atoms with Crippen LogP contribution in [0.5, 0.6) is 0 Å². The van der Waals surface area contributed by atoms with Crippen LogP contribution in [0, 0.1) is 0 Å². The van der Waals surface area contributed by atoms with Gasteiger partial charge in [0.1, 0.15) is 5.69 Å². The lowest BCUT2D eigenvalue weighted by atomic mass is 10.0. The topological polar surface area (TPSA) is 45.8 Å². The van der Waals surface area contributed by atoms with Crippen LogP contribution in [0.15, 0.2) is 59.7 Å². The summed E-state index contributed by atoms with van der Waals surface area (Å²) in [5.41, 5.74) is 1.16. The fourth-order valence-electron chi connectivity index (χ4n) is 1.98. The average molecular weight is 222 g/mol. The maximum Gasteiger partial charge on any atom is 0.274 e. The van der Waals surface area contributed by atoms with Gasteiger partial charge in [0.05, 0.1) is 0 Å². The third-order valence-corrected chi connectivity index (χ3v) is 2.75. The van der Waals surface area contributed by atoms with Crippen LogP contribution >= 0.6 is 0 Å². The van der Waals surface area contributed by atoms with Gasteiger partial charge in [0.15, 0.2) is 0 Å². The highest BCUT2D eigenvalue weighted by atomic mass is 16.1. The molecule has 0 aliphatic heterocycles. The van der Waals surface area contributed by atoms with E-state index >= 15 is 0 Å². The van der Waals surface area contributed by atoms with Crippen molar-refractivity contribution in [3.63, 3.8) is 0 Å². The molecule has 0 amide bonds. The van der Waals surface area contributed by atoms with E-state index in [0.29, 0.717) is 5.69 Å². The molecule has 0 aliphatic carbocycles. The van der Waals surface area contributed by atoms with E-state index in [0.717, 1.165) is 16.3 Å². The zero-order valence-electron chi connectivity index (χ0n) is 9.05. The van der Waals surface area contributed by atoms with Crippen LogP contribution in [0.2, 0.25) is 0 Å². The lowest BCUT2D eigenvalue weighted by Gasteiger charge is -2.04. The van der Waals surface area contributed by atoms with Gasteiger partial charge < -0.3 is 4.98 Å². The van der Waals surface area contributed by atoms with Crippen LogP contribution < -0.4 is 5.56 Å². The Balaban J connectivity index is 2.39. The first-order chi connectivity index (χ1) is 8.36. The van der Waals surface area contributed by atoms with Crippen LogP contribution in [0.25, 0.3) is 22.0 Å². The highest BCUT2D eigenvalue weighted by Gasteiger charge is 2.07. The van der Waals surface area contributed by atoms with Crippen LogP contribution in [0.3, 0.4) is 0 Å². The molecule has 3 nitrogen and oxygen atoms in total. The van der Waals surface area contributed by atoms with Crippen LogP contribution in [0.1, 0.15) is 0 Å². The van der Waals surface area contributed by atoms with Crippen molar-refractivity contribution in [3.05, 3.63) is 65.2 Å². The number of nitrogens with one attached hydrogen (secondary N) is 1.